The number of hydrogen-bond donors (Lipinski definition) is 0. The van der Waals surface area contributed by atoms with Gasteiger partial charge in [0.2, 0.25) is 0 Å². The predicted octanol–water partition coefficient (Wildman–Crippen LogP) is 0.858. The molecule has 0 bridgehead atoms. The van der Waals surface area contributed by atoms with Crippen molar-refractivity contribution < 1.29 is 22.2 Å². The summed E-state index contributed by atoms with van der Waals surface area (Å²) in [5.74, 6) is 0. The number of aromatic nitrogens is 1. The maximum absolute atomic E-state index is 9.75. The fraction of sp³-hybridized carbons (Fsp3) is 0. The third kappa shape index (κ3) is 15.7. The summed E-state index contributed by atoms with van der Waals surface area (Å²) < 4.78 is 43.3. The Bertz CT molecular complexity index is 127. The topological polar surface area (TPSA) is 14.1 Å². The average molecular weight is 268 g/mol. The van der Waals surface area contributed by atoms with E-state index in [1.807, 2.05) is 6.20 Å². The van der Waals surface area contributed by atoms with Crippen LogP contribution in [0.25, 0.3) is 0 Å². The molecule has 0 fully saturated rings. The van der Waals surface area contributed by atoms with E-state index < -0.39 is 7.25 Å². The second kappa shape index (κ2) is 4.75. The van der Waals surface area contributed by atoms with Crippen LogP contribution < -0.4 is 4.98 Å². The molecule has 1 aromatic heterocycles. The third-order valence-corrected chi connectivity index (χ3v) is 1.99. The van der Waals surface area contributed by atoms with Gasteiger partial charge in [-0.05, 0) is 0 Å². The van der Waals surface area contributed by atoms with Crippen LogP contribution in [0.2, 0.25) is 0 Å². The molecule has 0 saturated heterocycles. The fourth-order valence-electron chi connectivity index (χ4n) is 0.196. The van der Waals surface area contributed by atoms with Crippen molar-refractivity contribution in [1.82, 2.24) is 0 Å². The van der Waals surface area contributed by atoms with E-state index in [1.165, 1.54) is 0 Å². The van der Waals surface area contributed by atoms with Gasteiger partial charge in [-0.2, -0.15) is 0 Å². The fourth-order valence-corrected chi connectivity index (χ4v) is 1.32. The molecule has 0 amide bonds. The molecule has 58 valence electrons. The van der Waals surface area contributed by atoms with Crippen molar-refractivity contribution in [2.24, 2.45) is 0 Å². The van der Waals surface area contributed by atoms with Crippen LogP contribution in [0.3, 0.4) is 0 Å². The van der Waals surface area contributed by atoms with Gasteiger partial charge in [0.15, 0.2) is 0 Å². The van der Waals surface area contributed by atoms with Gasteiger partial charge in [-0.1, -0.05) is 0 Å². The average Bonchev–Trinajstić information content (AvgIpc) is 2.07. The summed E-state index contributed by atoms with van der Waals surface area (Å²) >= 11 is 0.188. The van der Waals surface area contributed by atoms with Crippen molar-refractivity contribution in [2.45, 2.75) is 0 Å². The Kier molecular flexibility index (Phi) is 4.74. The molecule has 1 aromatic rings. The van der Waals surface area contributed by atoms with Crippen LogP contribution in [0.5, 0.6) is 0 Å². The SMILES string of the molecule is F[B-](F)(F)F.c1c[te]c[nH+]1. The van der Waals surface area contributed by atoms with E-state index in [-0.39, 0.29) is 20.4 Å². The van der Waals surface area contributed by atoms with Crippen LogP contribution >= 0.6 is 0 Å². The van der Waals surface area contributed by atoms with Gasteiger partial charge in [-0.15, -0.1) is 0 Å². The molecule has 0 atom stereocenters. The number of nitrogens with one attached hydrogen (secondary N) is 1. The Morgan fingerprint density at radius 3 is 1.80 bits per heavy atom. The number of H-pyrrole nitrogens is 1. The molecule has 0 radical (unpaired) electrons. The first kappa shape index (κ1) is 9.98. The number of halogens is 4. The monoisotopic (exact) mass is 271 g/mol. The molecular formula is C3H4BF4NTe. The third-order valence-electron chi connectivity index (χ3n) is 0.379. The Hall–Kier alpha value is -0.0155. The molecule has 0 spiro atoms. The summed E-state index contributed by atoms with van der Waals surface area (Å²) in [5, 5.41) is 0. The van der Waals surface area contributed by atoms with Crippen molar-refractivity contribution in [3.05, 3.63) is 14.5 Å². The quantitative estimate of drug-likeness (QED) is 0.489. The first-order valence-corrected chi connectivity index (χ1v) is 4.95. The molecule has 7 heteroatoms. The summed E-state index contributed by atoms with van der Waals surface area (Å²) in [6, 6.07) is 0. The van der Waals surface area contributed by atoms with E-state index in [2.05, 4.69) is 13.3 Å². The predicted molar refractivity (Wildman–Crippen MR) is 30.1 cm³/mol. The summed E-state index contributed by atoms with van der Waals surface area (Å²) in [5.41, 5.74) is 0. The van der Waals surface area contributed by atoms with Gasteiger partial charge in [0.25, 0.3) is 0 Å². The van der Waals surface area contributed by atoms with Crippen molar-refractivity contribution >= 4 is 27.7 Å². The summed E-state index contributed by atoms with van der Waals surface area (Å²) in [6.45, 7) is 0. The molecule has 10 heavy (non-hydrogen) atoms. The van der Waals surface area contributed by atoms with Crippen LogP contribution in [0.1, 0.15) is 0 Å². The summed E-state index contributed by atoms with van der Waals surface area (Å²) in [4.78, 5) is 2.97. The van der Waals surface area contributed by atoms with Crippen molar-refractivity contribution in [1.29, 1.82) is 0 Å². The Balaban J connectivity index is 0.000000162. The Morgan fingerprint density at radius 1 is 1.20 bits per heavy atom. The molecule has 0 unspecified atom stereocenters. The summed E-state index contributed by atoms with van der Waals surface area (Å²) in [6.07, 6.45) is 1.99. The van der Waals surface area contributed by atoms with E-state index >= 15 is 0 Å². The van der Waals surface area contributed by atoms with Crippen LogP contribution in [-0.2, 0) is 0 Å². The van der Waals surface area contributed by atoms with E-state index in [9.17, 15) is 17.3 Å². The summed E-state index contributed by atoms with van der Waals surface area (Å²) in [7, 11) is -6.00. The minimum absolute atomic E-state index is 0.188. The van der Waals surface area contributed by atoms with Gasteiger partial charge in [0.05, 0.1) is 0 Å². The molecule has 0 aliphatic rings. The van der Waals surface area contributed by atoms with Crippen LogP contribution in [-0.4, -0.2) is 27.7 Å². The van der Waals surface area contributed by atoms with E-state index in [0.717, 1.165) is 0 Å². The standard InChI is InChI=1S/C3H3NTe.BF4/c1-2-5-3-4-1;2-1(3,4)5/h1-3H;/q;-1/p+1. The van der Waals surface area contributed by atoms with E-state index in [4.69, 9.17) is 0 Å². The molecule has 1 rings (SSSR count). The normalized spacial score (nSPS) is 10.0. The second-order valence-electron chi connectivity index (χ2n) is 1.22. The van der Waals surface area contributed by atoms with E-state index in [1.54, 1.807) is 0 Å². The van der Waals surface area contributed by atoms with Crippen molar-refractivity contribution in [3.63, 3.8) is 0 Å². The maximum atomic E-state index is 9.75. The molecule has 1 nitrogen and oxygen atoms in total. The van der Waals surface area contributed by atoms with Gasteiger partial charge >= 0.3 is 47.2 Å². The second-order valence-corrected chi connectivity index (χ2v) is 3.44. The van der Waals surface area contributed by atoms with Gasteiger partial charge < -0.3 is 17.3 Å². The zero-order valence-electron chi connectivity index (χ0n) is 4.73. The van der Waals surface area contributed by atoms with E-state index in [0.29, 0.717) is 0 Å². The van der Waals surface area contributed by atoms with Gasteiger partial charge in [-0.25, -0.2) is 0 Å². The van der Waals surface area contributed by atoms with Gasteiger partial charge in [0, 0.05) is 0 Å². The van der Waals surface area contributed by atoms with Crippen LogP contribution in [0.15, 0.2) is 14.5 Å². The molecular weight excluding hydrogens is 264 g/mol. The Labute approximate surface area is 64.8 Å². The number of rotatable bonds is 0. The first-order valence-electron chi connectivity index (χ1n) is 2.25. The zero-order valence-corrected chi connectivity index (χ0v) is 7.06. The minimum atomic E-state index is -6.00. The zero-order chi connectivity index (χ0) is 8.04. The molecule has 0 aliphatic carbocycles. The first-order chi connectivity index (χ1) is 4.50. The molecule has 1 N–H and O–H groups in total. The molecule has 0 saturated carbocycles. The van der Waals surface area contributed by atoms with Gasteiger partial charge in [-0.3, -0.25) is 0 Å². The number of hydrogen-bond acceptors (Lipinski definition) is 0. The molecule has 1 heterocycles. The van der Waals surface area contributed by atoms with Crippen molar-refractivity contribution in [2.75, 3.05) is 0 Å². The van der Waals surface area contributed by atoms with Crippen molar-refractivity contribution in [3.8, 4) is 0 Å². The Morgan fingerprint density at radius 2 is 1.70 bits per heavy atom. The van der Waals surface area contributed by atoms with Gasteiger partial charge in [0.1, 0.15) is 0 Å². The molecule has 0 aromatic carbocycles. The molecule has 0 aliphatic heterocycles. The van der Waals surface area contributed by atoms with Crippen LogP contribution in [0.4, 0.5) is 17.3 Å². The van der Waals surface area contributed by atoms with Crippen LogP contribution in [0, 0.1) is 0 Å². The number of aromatic amines is 1.